The van der Waals surface area contributed by atoms with E-state index in [-0.39, 0.29) is 28.3 Å². The summed E-state index contributed by atoms with van der Waals surface area (Å²) < 4.78 is 1.86. The Kier molecular flexibility index (Phi) is 5.58. The van der Waals surface area contributed by atoms with Gasteiger partial charge in [0, 0.05) is 35.4 Å². The van der Waals surface area contributed by atoms with Crippen LogP contribution in [0.5, 0.6) is 0 Å². The van der Waals surface area contributed by atoms with Crippen LogP contribution < -0.4 is 0 Å². The molecule has 0 unspecified atom stereocenters. The molecule has 3 aromatic heterocycles. The summed E-state index contributed by atoms with van der Waals surface area (Å²) in [5.41, 5.74) is 5.44. The van der Waals surface area contributed by atoms with Crippen molar-refractivity contribution in [2.24, 2.45) is 0 Å². The van der Waals surface area contributed by atoms with Crippen LogP contribution in [0, 0.1) is 20.2 Å². The summed E-state index contributed by atoms with van der Waals surface area (Å²) in [6.07, 6.45) is 0. The Labute approximate surface area is 236 Å². The van der Waals surface area contributed by atoms with Gasteiger partial charge in [-0.05, 0) is 60.2 Å². The number of benzene rings is 4. The van der Waals surface area contributed by atoms with Gasteiger partial charge in [0.05, 0.1) is 43.2 Å². The molecule has 0 amide bonds. The van der Waals surface area contributed by atoms with Crippen LogP contribution in [0.1, 0.15) is 15.9 Å². The van der Waals surface area contributed by atoms with Gasteiger partial charge in [-0.2, -0.15) is 0 Å². The third kappa shape index (κ3) is 3.95. The van der Waals surface area contributed by atoms with Crippen molar-refractivity contribution in [1.29, 1.82) is 0 Å². The smallest absolute Gasteiger partial charge is 0.269 e. The quantitative estimate of drug-likeness (QED) is 0.136. The normalized spacial score (nSPS) is 11.3. The van der Waals surface area contributed by atoms with Gasteiger partial charge in [-0.15, -0.1) is 0 Å². The Morgan fingerprint density at radius 1 is 0.738 bits per heavy atom. The lowest BCUT2D eigenvalue weighted by Gasteiger charge is -2.15. The zero-order chi connectivity index (χ0) is 29.0. The number of rotatable bonds is 6. The molecule has 0 saturated heterocycles. The summed E-state index contributed by atoms with van der Waals surface area (Å²) >= 11 is 0. The maximum absolute atomic E-state index is 14.0. The lowest BCUT2D eigenvalue weighted by Crippen LogP contribution is -2.08. The van der Waals surface area contributed by atoms with Crippen LogP contribution in [0.2, 0.25) is 0 Å². The fourth-order valence-corrected chi connectivity index (χ4v) is 5.17. The predicted molar refractivity (Wildman–Crippen MR) is 156 cm³/mol. The number of nitro benzene ring substituents is 2. The van der Waals surface area contributed by atoms with E-state index in [9.17, 15) is 25.0 Å². The fourth-order valence-electron chi connectivity index (χ4n) is 5.17. The van der Waals surface area contributed by atoms with E-state index in [0.29, 0.717) is 33.8 Å². The number of carbonyl (C=O) groups is 1. The van der Waals surface area contributed by atoms with Crippen LogP contribution >= 0.6 is 0 Å². The van der Waals surface area contributed by atoms with Crippen LogP contribution in [-0.2, 0) is 0 Å². The lowest BCUT2D eigenvalue weighted by atomic mass is 9.98. The second-order valence-corrected chi connectivity index (χ2v) is 9.62. The number of non-ortho nitro benzene ring substituents is 2. The molecule has 3 heterocycles. The van der Waals surface area contributed by atoms with E-state index in [0.717, 1.165) is 16.6 Å². The summed E-state index contributed by atoms with van der Waals surface area (Å²) in [5, 5.41) is 22.6. The molecule has 0 bridgehead atoms. The number of imidazole rings is 2. The number of hydrogen-bond donors (Lipinski definition) is 1. The number of hydrogen-bond acceptors (Lipinski definition) is 7. The highest BCUT2D eigenvalue weighted by Crippen LogP contribution is 2.38. The molecule has 0 aliphatic rings. The molecule has 0 aliphatic heterocycles. The van der Waals surface area contributed by atoms with Gasteiger partial charge in [-0.25, -0.2) is 9.97 Å². The van der Waals surface area contributed by atoms with Gasteiger partial charge in [0.25, 0.3) is 11.4 Å². The number of aromatic amines is 1. The Morgan fingerprint density at radius 3 is 2.02 bits per heavy atom. The largest absolute Gasteiger partial charge is 0.338 e. The summed E-state index contributed by atoms with van der Waals surface area (Å²) in [6.45, 7) is 0. The molecule has 0 spiro atoms. The average Bonchev–Trinajstić information content (AvgIpc) is 3.62. The summed E-state index contributed by atoms with van der Waals surface area (Å²) in [4.78, 5) is 48.6. The van der Waals surface area contributed by atoms with Crippen LogP contribution in [0.3, 0.4) is 0 Å². The molecule has 4 aromatic carbocycles. The summed E-state index contributed by atoms with van der Waals surface area (Å²) in [7, 11) is 0. The van der Waals surface area contributed by atoms with Crippen LogP contribution in [-0.4, -0.2) is 35.0 Å². The molecule has 11 heteroatoms. The summed E-state index contributed by atoms with van der Waals surface area (Å²) in [5.74, 6) is 0.111. The van der Waals surface area contributed by atoms with Crippen molar-refractivity contribution in [3.05, 3.63) is 134 Å². The number of H-pyrrole nitrogens is 1. The zero-order valence-corrected chi connectivity index (χ0v) is 21.6. The standard InChI is InChI=1S/C31H18N6O5/c38-29(19-11-15-21(16-12-19)37(41)42)23-17-22(30-32-24-5-1-2-6-25(24)33-30)28(18-9-13-20(14-10-18)36(39)40)35-27-8-4-3-7-26(27)34-31(23)35/h1-17H,(H,32,33). The van der Waals surface area contributed by atoms with E-state index in [4.69, 9.17) is 9.97 Å². The van der Waals surface area contributed by atoms with E-state index in [1.165, 1.54) is 36.4 Å². The number of carbonyl (C=O) groups excluding carboxylic acids is 1. The van der Waals surface area contributed by atoms with Crippen molar-refractivity contribution < 1.29 is 14.6 Å². The molecule has 0 atom stereocenters. The number of nitrogens with one attached hydrogen (secondary N) is 1. The molecular weight excluding hydrogens is 536 g/mol. The first-order valence-electron chi connectivity index (χ1n) is 12.8. The Balaban J connectivity index is 1.57. The highest BCUT2D eigenvalue weighted by atomic mass is 16.6. The zero-order valence-electron chi connectivity index (χ0n) is 21.6. The van der Waals surface area contributed by atoms with Gasteiger partial charge in [-0.3, -0.25) is 29.4 Å². The molecule has 0 aliphatic carbocycles. The maximum atomic E-state index is 14.0. The first-order valence-corrected chi connectivity index (χ1v) is 12.8. The first-order chi connectivity index (χ1) is 20.4. The minimum absolute atomic E-state index is 0.0549. The highest BCUT2D eigenvalue weighted by Gasteiger charge is 2.25. The fraction of sp³-hybridized carbons (Fsp3) is 0. The molecule has 0 radical (unpaired) electrons. The van der Waals surface area contributed by atoms with Gasteiger partial charge in [-0.1, -0.05) is 24.3 Å². The van der Waals surface area contributed by atoms with Gasteiger partial charge in [0.2, 0.25) is 0 Å². The third-order valence-corrected chi connectivity index (χ3v) is 7.15. The molecule has 11 nitrogen and oxygen atoms in total. The predicted octanol–water partition coefficient (Wildman–Crippen LogP) is 6.75. The molecule has 1 N–H and O–H groups in total. The molecule has 7 rings (SSSR count). The summed E-state index contributed by atoms with van der Waals surface area (Å²) in [6, 6.07) is 28.3. The molecule has 0 saturated carbocycles. The minimum atomic E-state index is -0.521. The average molecular weight is 555 g/mol. The van der Waals surface area contributed by atoms with Crippen LogP contribution in [0.4, 0.5) is 11.4 Å². The number of nitro groups is 2. The number of pyridine rings is 1. The number of nitrogens with zero attached hydrogens (tertiary/aromatic N) is 5. The van der Waals surface area contributed by atoms with Crippen LogP contribution in [0.15, 0.2) is 103 Å². The van der Waals surface area contributed by atoms with Crippen molar-refractivity contribution >= 4 is 44.9 Å². The van der Waals surface area contributed by atoms with Gasteiger partial charge >= 0.3 is 0 Å². The van der Waals surface area contributed by atoms with E-state index < -0.39 is 9.85 Å². The number of aromatic nitrogens is 4. The van der Waals surface area contributed by atoms with Crippen molar-refractivity contribution in [2.45, 2.75) is 0 Å². The van der Waals surface area contributed by atoms with Gasteiger partial charge in [0.1, 0.15) is 11.5 Å². The number of ketones is 1. The Morgan fingerprint density at radius 2 is 1.36 bits per heavy atom. The van der Waals surface area contributed by atoms with E-state index in [2.05, 4.69) is 4.98 Å². The first kappa shape index (κ1) is 24.8. The van der Waals surface area contributed by atoms with Crippen molar-refractivity contribution in [3.8, 4) is 22.6 Å². The Bertz CT molecular complexity index is 2180. The topological polar surface area (TPSA) is 149 Å². The second-order valence-electron chi connectivity index (χ2n) is 9.62. The van der Waals surface area contributed by atoms with Gasteiger partial charge in [0.15, 0.2) is 5.78 Å². The minimum Gasteiger partial charge on any atom is -0.338 e. The molecule has 0 fully saturated rings. The lowest BCUT2D eigenvalue weighted by molar-refractivity contribution is -0.385. The number of para-hydroxylation sites is 4. The van der Waals surface area contributed by atoms with E-state index in [1.807, 2.05) is 52.9 Å². The maximum Gasteiger partial charge on any atom is 0.269 e. The van der Waals surface area contributed by atoms with E-state index in [1.54, 1.807) is 18.2 Å². The Hall–Kier alpha value is -6.23. The SMILES string of the molecule is O=C(c1ccc([N+](=O)[O-])cc1)c1cc(-c2nc3ccccc3[nH]2)c(-c2ccc([N+](=O)[O-])cc2)n2c1nc1ccccc12. The second kappa shape index (κ2) is 9.45. The molecule has 7 aromatic rings. The van der Waals surface area contributed by atoms with Crippen molar-refractivity contribution in [2.75, 3.05) is 0 Å². The monoisotopic (exact) mass is 554 g/mol. The van der Waals surface area contributed by atoms with Gasteiger partial charge < -0.3 is 4.98 Å². The van der Waals surface area contributed by atoms with Crippen LogP contribution in [0.25, 0.3) is 50.4 Å². The van der Waals surface area contributed by atoms with Crippen molar-refractivity contribution in [3.63, 3.8) is 0 Å². The molecular formula is C31H18N6O5. The van der Waals surface area contributed by atoms with E-state index >= 15 is 0 Å². The highest BCUT2D eigenvalue weighted by molar-refractivity contribution is 6.14. The number of fused-ring (bicyclic) bond motifs is 4. The molecule has 202 valence electrons. The molecule has 42 heavy (non-hydrogen) atoms. The third-order valence-electron chi connectivity index (χ3n) is 7.15. The van der Waals surface area contributed by atoms with Crippen molar-refractivity contribution in [1.82, 2.24) is 19.4 Å².